The van der Waals surface area contributed by atoms with Crippen LogP contribution in [0.2, 0.25) is 0 Å². The molecule has 5 rings (SSSR count). The summed E-state index contributed by atoms with van der Waals surface area (Å²) in [5, 5.41) is 0. The van der Waals surface area contributed by atoms with Gasteiger partial charge in [0.2, 0.25) is 5.91 Å². The van der Waals surface area contributed by atoms with E-state index in [0.717, 1.165) is 54.8 Å². The summed E-state index contributed by atoms with van der Waals surface area (Å²) in [5.74, 6) is 6.11. The molecule has 0 radical (unpaired) electrons. The Kier molecular flexibility index (Phi) is 8.71. The molecule has 1 heterocycles. The standard InChI is InChI=1S/C37H57NO/c1-26(2)11-10-12-27(3)32-19-20-33-31-18-16-29-25-35(39)38(6)30(17-15-28-13-8-7-9-14-28)21-23-36(29,4)34(31)22-24-37(32,33)5/h7-9,13-14,17,26-27,29,31-34H,10-12,15-16,18-25H2,1-6H3/b30-17+/t27-,29+,31+,32-,33+,34+,36+,37-/m1/s1. The first-order chi connectivity index (χ1) is 18.6. The molecule has 2 heteroatoms. The molecule has 2 nitrogen and oxygen atoms in total. The molecule has 0 bridgehead atoms. The van der Waals surface area contributed by atoms with E-state index in [9.17, 15) is 4.79 Å². The first-order valence-electron chi connectivity index (χ1n) is 16.6. The van der Waals surface area contributed by atoms with Gasteiger partial charge in [0.15, 0.2) is 0 Å². The first-order valence-corrected chi connectivity index (χ1v) is 16.6. The fourth-order valence-electron chi connectivity index (χ4n) is 10.4. The van der Waals surface area contributed by atoms with Crippen molar-refractivity contribution in [1.29, 1.82) is 0 Å². The summed E-state index contributed by atoms with van der Waals surface area (Å²) in [5.41, 5.74) is 3.42. The Hall–Kier alpha value is -1.57. The SMILES string of the molecule is CC(C)CCC[C@@H](C)[C@H]1CC[C@H]2[C@@H]3CC[C@H]4CC(=O)N(C)/C(=C/Cc5ccccc5)CC[C@]4(C)[C@H]3CC[C@]12C. The van der Waals surface area contributed by atoms with Gasteiger partial charge in [-0.1, -0.05) is 90.3 Å². The molecule has 0 N–H and O–H groups in total. The molecule has 0 unspecified atom stereocenters. The molecule has 0 aromatic heterocycles. The van der Waals surface area contributed by atoms with Crippen LogP contribution < -0.4 is 0 Å². The van der Waals surface area contributed by atoms with Crippen LogP contribution in [0.25, 0.3) is 0 Å². The smallest absolute Gasteiger partial charge is 0.226 e. The fourth-order valence-corrected chi connectivity index (χ4v) is 10.4. The topological polar surface area (TPSA) is 20.3 Å². The highest BCUT2D eigenvalue weighted by molar-refractivity contribution is 5.78. The van der Waals surface area contributed by atoms with Crippen LogP contribution in [0.15, 0.2) is 42.1 Å². The van der Waals surface area contributed by atoms with Crippen LogP contribution in [0.1, 0.15) is 117 Å². The van der Waals surface area contributed by atoms with E-state index in [2.05, 4.69) is 71.0 Å². The van der Waals surface area contributed by atoms with Gasteiger partial charge < -0.3 is 4.90 Å². The van der Waals surface area contributed by atoms with Gasteiger partial charge in [0, 0.05) is 19.2 Å². The van der Waals surface area contributed by atoms with E-state index < -0.39 is 0 Å². The van der Waals surface area contributed by atoms with E-state index in [1.54, 1.807) is 0 Å². The third kappa shape index (κ3) is 5.65. The van der Waals surface area contributed by atoms with E-state index in [-0.39, 0.29) is 0 Å². The second-order valence-electron chi connectivity index (χ2n) is 15.2. The summed E-state index contributed by atoms with van der Waals surface area (Å²) < 4.78 is 0. The Morgan fingerprint density at radius 2 is 1.67 bits per heavy atom. The Balaban J connectivity index is 1.32. The monoisotopic (exact) mass is 531 g/mol. The quantitative estimate of drug-likeness (QED) is 0.343. The van der Waals surface area contributed by atoms with Crippen LogP contribution in [0.5, 0.6) is 0 Å². The number of likely N-dealkylation sites (tertiary alicyclic amines) is 1. The van der Waals surface area contributed by atoms with Gasteiger partial charge in [-0.2, -0.15) is 0 Å². The number of hydrogen-bond donors (Lipinski definition) is 0. The van der Waals surface area contributed by atoms with Gasteiger partial charge in [0.05, 0.1) is 0 Å². The molecule has 216 valence electrons. The Bertz CT molecular complexity index is 1010. The van der Waals surface area contributed by atoms with Crippen molar-refractivity contribution < 1.29 is 4.79 Å². The molecule has 1 aromatic carbocycles. The molecule has 3 saturated carbocycles. The molecule has 1 aromatic rings. The van der Waals surface area contributed by atoms with E-state index in [4.69, 9.17) is 0 Å². The number of allylic oxidation sites excluding steroid dienone is 2. The van der Waals surface area contributed by atoms with Crippen LogP contribution in [0, 0.1) is 52.3 Å². The second-order valence-corrected chi connectivity index (χ2v) is 15.2. The summed E-state index contributed by atoms with van der Waals surface area (Å²) in [6.07, 6.45) is 18.9. The average Bonchev–Trinajstić information content (AvgIpc) is 3.27. The summed E-state index contributed by atoms with van der Waals surface area (Å²) >= 11 is 0. The lowest BCUT2D eigenvalue weighted by atomic mass is 9.45. The van der Waals surface area contributed by atoms with Gasteiger partial charge in [-0.15, -0.1) is 0 Å². The number of benzene rings is 1. The average molecular weight is 532 g/mol. The molecule has 3 aliphatic carbocycles. The molecule has 8 atom stereocenters. The third-order valence-corrected chi connectivity index (χ3v) is 12.8. The van der Waals surface area contributed by atoms with E-state index in [1.807, 2.05) is 11.9 Å². The highest BCUT2D eigenvalue weighted by Crippen LogP contribution is 2.68. The van der Waals surface area contributed by atoms with Crippen molar-refractivity contribution in [3.05, 3.63) is 47.7 Å². The lowest BCUT2D eigenvalue weighted by Crippen LogP contribution is -2.53. The van der Waals surface area contributed by atoms with Crippen molar-refractivity contribution in [3.8, 4) is 0 Å². The Morgan fingerprint density at radius 1 is 0.923 bits per heavy atom. The molecular weight excluding hydrogens is 474 g/mol. The molecule has 4 fully saturated rings. The summed E-state index contributed by atoms with van der Waals surface area (Å²) in [6, 6.07) is 10.7. The summed E-state index contributed by atoms with van der Waals surface area (Å²) in [6.45, 7) is 12.7. The minimum atomic E-state index is 0.300. The Labute approximate surface area is 240 Å². The number of nitrogens with zero attached hydrogens (tertiary/aromatic N) is 1. The fraction of sp³-hybridized carbons (Fsp3) is 0.757. The van der Waals surface area contributed by atoms with Gasteiger partial charge in [0.25, 0.3) is 0 Å². The second kappa shape index (κ2) is 11.7. The maximum atomic E-state index is 13.5. The molecule has 39 heavy (non-hydrogen) atoms. The third-order valence-electron chi connectivity index (χ3n) is 12.8. The van der Waals surface area contributed by atoms with Crippen molar-refractivity contribution >= 4 is 5.91 Å². The van der Waals surface area contributed by atoms with Crippen molar-refractivity contribution in [2.75, 3.05) is 7.05 Å². The Morgan fingerprint density at radius 3 is 2.41 bits per heavy atom. The minimum absolute atomic E-state index is 0.300. The zero-order valence-electron chi connectivity index (χ0n) is 26.1. The van der Waals surface area contributed by atoms with Gasteiger partial charge >= 0.3 is 0 Å². The number of fused-ring (bicyclic) bond motifs is 5. The molecule has 1 saturated heterocycles. The van der Waals surface area contributed by atoms with Crippen molar-refractivity contribution in [2.45, 2.75) is 118 Å². The normalized spacial score (nSPS) is 38.6. The molecular formula is C37H57NO. The molecule has 4 aliphatic rings. The number of rotatable bonds is 7. The van der Waals surface area contributed by atoms with Crippen LogP contribution in [0.4, 0.5) is 0 Å². The maximum absolute atomic E-state index is 13.5. The highest BCUT2D eigenvalue weighted by atomic mass is 16.2. The van der Waals surface area contributed by atoms with Crippen molar-refractivity contribution in [3.63, 3.8) is 0 Å². The number of amides is 1. The van der Waals surface area contributed by atoms with E-state index in [1.165, 1.54) is 75.5 Å². The lowest BCUT2D eigenvalue weighted by Gasteiger charge is -2.60. The highest BCUT2D eigenvalue weighted by Gasteiger charge is 2.60. The van der Waals surface area contributed by atoms with E-state index >= 15 is 0 Å². The summed E-state index contributed by atoms with van der Waals surface area (Å²) in [7, 11) is 2.03. The minimum Gasteiger partial charge on any atom is -0.320 e. The van der Waals surface area contributed by atoms with Gasteiger partial charge in [-0.05, 0) is 116 Å². The van der Waals surface area contributed by atoms with Crippen LogP contribution in [-0.4, -0.2) is 17.9 Å². The van der Waals surface area contributed by atoms with Crippen molar-refractivity contribution in [2.24, 2.45) is 52.3 Å². The van der Waals surface area contributed by atoms with Crippen LogP contribution >= 0.6 is 0 Å². The van der Waals surface area contributed by atoms with Crippen molar-refractivity contribution in [1.82, 2.24) is 4.90 Å². The zero-order chi connectivity index (χ0) is 27.8. The van der Waals surface area contributed by atoms with Crippen LogP contribution in [0.3, 0.4) is 0 Å². The van der Waals surface area contributed by atoms with E-state index in [0.29, 0.717) is 22.7 Å². The molecule has 1 amide bonds. The van der Waals surface area contributed by atoms with Crippen LogP contribution in [-0.2, 0) is 11.2 Å². The van der Waals surface area contributed by atoms with Gasteiger partial charge in [-0.3, -0.25) is 4.79 Å². The largest absolute Gasteiger partial charge is 0.320 e. The molecule has 0 spiro atoms. The predicted octanol–water partition coefficient (Wildman–Crippen LogP) is 9.69. The first kappa shape index (κ1) is 28.9. The number of carbonyl (C=O) groups is 1. The molecule has 1 aliphatic heterocycles. The van der Waals surface area contributed by atoms with Gasteiger partial charge in [-0.25, -0.2) is 0 Å². The lowest BCUT2D eigenvalue weighted by molar-refractivity contribution is -0.140. The van der Waals surface area contributed by atoms with Gasteiger partial charge in [0.1, 0.15) is 0 Å². The maximum Gasteiger partial charge on any atom is 0.226 e. The summed E-state index contributed by atoms with van der Waals surface area (Å²) in [4.78, 5) is 15.5. The number of hydrogen-bond acceptors (Lipinski definition) is 1. The predicted molar refractivity (Wildman–Crippen MR) is 164 cm³/mol. The zero-order valence-corrected chi connectivity index (χ0v) is 26.1. The number of carbonyl (C=O) groups excluding carboxylic acids is 1.